The number of nitrogens with one attached hydrogen (secondary N) is 1. The molecule has 20 heavy (non-hydrogen) atoms. The predicted octanol–water partition coefficient (Wildman–Crippen LogP) is 0.676. The third-order valence-corrected chi connectivity index (χ3v) is 3.09. The highest BCUT2D eigenvalue weighted by Crippen LogP contribution is 2.15. The van der Waals surface area contributed by atoms with E-state index in [-0.39, 0.29) is 12.1 Å². The Morgan fingerprint density at radius 2 is 2.50 bits per heavy atom. The largest absolute Gasteiger partial charge is 0.472 e. The lowest BCUT2D eigenvalue weighted by Crippen LogP contribution is -2.49. The summed E-state index contributed by atoms with van der Waals surface area (Å²) in [6.07, 6.45) is 4.92. The van der Waals surface area contributed by atoms with Gasteiger partial charge in [-0.1, -0.05) is 0 Å². The first-order chi connectivity index (χ1) is 9.79. The molecule has 110 valence electrons. The monoisotopic (exact) mass is 280 g/mol. The van der Waals surface area contributed by atoms with Gasteiger partial charge >= 0.3 is 6.03 Å². The Kier molecular flexibility index (Phi) is 5.55. The minimum absolute atomic E-state index is 0.0215. The molecule has 0 aromatic carbocycles. The number of urea groups is 1. The van der Waals surface area contributed by atoms with Gasteiger partial charge in [-0.15, -0.1) is 0 Å². The second-order valence-corrected chi connectivity index (χ2v) is 4.60. The number of likely N-dealkylation sites (tertiary alicyclic amines) is 1. The van der Waals surface area contributed by atoms with Crippen molar-refractivity contribution in [3.63, 3.8) is 0 Å². The lowest BCUT2D eigenvalue weighted by Gasteiger charge is -2.32. The maximum Gasteiger partial charge on any atom is 0.317 e. The number of aromatic nitrogens is 2. The zero-order valence-electron chi connectivity index (χ0n) is 11.6. The van der Waals surface area contributed by atoms with Gasteiger partial charge in [0, 0.05) is 32.5 Å². The van der Waals surface area contributed by atoms with Crippen LogP contribution in [0.3, 0.4) is 0 Å². The van der Waals surface area contributed by atoms with E-state index in [1.165, 1.54) is 6.33 Å². The number of piperidine rings is 1. The lowest BCUT2D eigenvalue weighted by atomic mass is 10.1. The molecule has 1 aromatic rings. The molecule has 1 aromatic heterocycles. The molecule has 2 rings (SSSR count). The predicted molar refractivity (Wildman–Crippen MR) is 72.5 cm³/mol. The van der Waals surface area contributed by atoms with Crippen LogP contribution in [0.5, 0.6) is 5.88 Å². The van der Waals surface area contributed by atoms with Crippen molar-refractivity contribution in [3.05, 3.63) is 18.6 Å². The van der Waals surface area contributed by atoms with E-state index in [1.54, 1.807) is 24.3 Å². The number of rotatable bonds is 5. The molecule has 1 unspecified atom stereocenters. The van der Waals surface area contributed by atoms with Crippen molar-refractivity contribution in [2.45, 2.75) is 18.9 Å². The lowest BCUT2D eigenvalue weighted by molar-refractivity contribution is 0.0966. The number of hydrogen-bond donors (Lipinski definition) is 1. The summed E-state index contributed by atoms with van der Waals surface area (Å²) in [5.74, 6) is 0.548. The van der Waals surface area contributed by atoms with Gasteiger partial charge < -0.3 is 19.7 Å². The highest BCUT2D eigenvalue weighted by Gasteiger charge is 2.24. The van der Waals surface area contributed by atoms with Crippen LogP contribution in [0.1, 0.15) is 12.8 Å². The van der Waals surface area contributed by atoms with Crippen LogP contribution in [-0.2, 0) is 4.74 Å². The summed E-state index contributed by atoms with van der Waals surface area (Å²) in [6, 6.07) is 1.65. The van der Waals surface area contributed by atoms with Crippen molar-refractivity contribution in [2.75, 3.05) is 33.4 Å². The van der Waals surface area contributed by atoms with Gasteiger partial charge in [-0.2, -0.15) is 0 Å². The summed E-state index contributed by atoms with van der Waals surface area (Å²) in [6.45, 7) is 2.36. The number of carbonyl (C=O) groups excluding carboxylic acids is 1. The first kappa shape index (κ1) is 14.5. The number of nitrogens with zero attached hydrogens (tertiary/aromatic N) is 3. The number of methoxy groups -OCH3 is 1. The Morgan fingerprint density at radius 3 is 3.25 bits per heavy atom. The zero-order valence-corrected chi connectivity index (χ0v) is 11.6. The molecular weight excluding hydrogens is 260 g/mol. The molecule has 0 saturated carbocycles. The molecular formula is C13H20N4O3. The Labute approximate surface area is 118 Å². The highest BCUT2D eigenvalue weighted by molar-refractivity contribution is 5.74. The van der Waals surface area contributed by atoms with Gasteiger partial charge in [0.2, 0.25) is 5.88 Å². The van der Waals surface area contributed by atoms with Gasteiger partial charge in [-0.05, 0) is 12.8 Å². The fourth-order valence-electron chi connectivity index (χ4n) is 2.11. The third-order valence-electron chi connectivity index (χ3n) is 3.09. The molecule has 0 aliphatic carbocycles. The van der Waals surface area contributed by atoms with E-state index < -0.39 is 0 Å². The standard InChI is InChI=1S/C13H20N4O3/c1-19-8-6-15-13(18)17-7-2-3-11(9-17)20-12-4-5-14-10-16-12/h4-5,10-11H,2-3,6-9H2,1H3,(H,15,18). The smallest absolute Gasteiger partial charge is 0.317 e. The van der Waals surface area contributed by atoms with Crippen LogP contribution in [0.25, 0.3) is 0 Å². The number of amides is 2. The van der Waals surface area contributed by atoms with Gasteiger partial charge in [0.1, 0.15) is 12.4 Å². The fraction of sp³-hybridized carbons (Fsp3) is 0.615. The van der Waals surface area contributed by atoms with Crippen molar-refractivity contribution in [2.24, 2.45) is 0 Å². The van der Waals surface area contributed by atoms with E-state index in [1.807, 2.05) is 0 Å². The minimum atomic E-state index is -0.0713. The quantitative estimate of drug-likeness (QED) is 0.802. The number of hydrogen-bond acceptors (Lipinski definition) is 5. The van der Waals surface area contributed by atoms with E-state index in [0.29, 0.717) is 25.6 Å². The van der Waals surface area contributed by atoms with Crippen molar-refractivity contribution in [1.82, 2.24) is 20.2 Å². The molecule has 1 N–H and O–H groups in total. The summed E-state index contributed by atoms with van der Waals surface area (Å²) in [7, 11) is 1.61. The molecule has 2 amide bonds. The Balaban J connectivity index is 1.80. The molecule has 1 fully saturated rings. The van der Waals surface area contributed by atoms with Crippen LogP contribution in [-0.4, -0.2) is 60.4 Å². The molecule has 1 atom stereocenters. The van der Waals surface area contributed by atoms with Gasteiger partial charge in [0.15, 0.2) is 0 Å². The normalized spacial score (nSPS) is 18.6. The summed E-state index contributed by atoms with van der Waals surface area (Å²) < 4.78 is 10.7. The van der Waals surface area contributed by atoms with Crippen LogP contribution in [0.15, 0.2) is 18.6 Å². The first-order valence-corrected chi connectivity index (χ1v) is 6.74. The maximum atomic E-state index is 11.9. The SMILES string of the molecule is COCCNC(=O)N1CCCC(Oc2ccncn2)C1. The van der Waals surface area contributed by atoms with Gasteiger partial charge in [0.25, 0.3) is 0 Å². The summed E-state index contributed by atoms with van der Waals surface area (Å²) in [5, 5.41) is 2.82. The number of ether oxygens (including phenoxy) is 2. The van der Waals surface area contributed by atoms with Crippen LogP contribution in [0.4, 0.5) is 4.79 Å². The summed E-state index contributed by atoms with van der Waals surface area (Å²) in [4.78, 5) is 21.6. The molecule has 7 heteroatoms. The van der Waals surface area contributed by atoms with Gasteiger partial charge in [-0.25, -0.2) is 14.8 Å². The van der Waals surface area contributed by atoms with Crippen LogP contribution in [0.2, 0.25) is 0 Å². The van der Waals surface area contributed by atoms with Gasteiger partial charge in [-0.3, -0.25) is 0 Å². The average molecular weight is 280 g/mol. The van der Waals surface area contributed by atoms with E-state index in [4.69, 9.17) is 9.47 Å². The average Bonchev–Trinajstić information content (AvgIpc) is 2.49. The molecule has 1 aliphatic heterocycles. The van der Waals surface area contributed by atoms with Crippen LogP contribution in [0, 0.1) is 0 Å². The molecule has 0 bridgehead atoms. The zero-order chi connectivity index (χ0) is 14.2. The summed E-state index contributed by atoms with van der Waals surface area (Å²) in [5.41, 5.74) is 0. The molecule has 7 nitrogen and oxygen atoms in total. The second-order valence-electron chi connectivity index (χ2n) is 4.60. The van der Waals surface area contributed by atoms with Crippen molar-refractivity contribution < 1.29 is 14.3 Å². The van der Waals surface area contributed by atoms with Gasteiger partial charge in [0.05, 0.1) is 13.2 Å². The first-order valence-electron chi connectivity index (χ1n) is 6.74. The molecule has 0 radical (unpaired) electrons. The van der Waals surface area contributed by atoms with E-state index >= 15 is 0 Å². The minimum Gasteiger partial charge on any atom is -0.472 e. The van der Waals surface area contributed by atoms with E-state index in [9.17, 15) is 4.79 Å². The molecule has 1 aliphatic rings. The second kappa shape index (κ2) is 7.64. The fourth-order valence-corrected chi connectivity index (χ4v) is 2.11. The highest BCUT2D eigenvalue weighted by atomic mass is 16.5. The van der Waals surface area contributed by atoms with Crippen molar-refractivity contribution in [3.8, 4) is 5.88 Å². The van der Waals surface area contributed by atoms with E-state index in [2.05, 4.69) is 15.3 Å². The molecule has 2 heterocycles. The van der Waals surface area contributed by atoms with Crippen molar-refractivity contribution in [1.29, 1.82) is 0 Å². The molecule has 1 saturated heterocycles. The summed E-state index contributed by atoms with van der Waals surface area (Å²) >= 11 is 0. The van der Waals surface area contributed by atoms with Crippen molar-refractivity contribution >= 4 is 6.03 Å². The van der Waals surface area contributed by atoms with Crippen LogP contribution < -0.4 is 10.1 Å². The third kappa shape index (κ3) is 4.34. The molecule has 0 spiro atoms. The Hall–Kier alpha value is -1.89. The topological polar surface area (TPSA) is 76.6 Å². The Morgan fingerprint density at radius 1 is 1.60 bits per heavy atom. The van der Waals surface area contributed by atoms with Crippen LogP contribution >= 0.6 is 0 Å². The van der Waals surface area contributed by atoms with E-state index in [0.717, 1.165) is 19.4 Å². The maximum absolute atomic E-state index is 11.9. The Bertz CT molecular complexity index is 415. The number of carbonyl (C=O) groups is 1.